The number of aliphatic hydroxyl groups excluding tert-OH is 1. The summed E-state index contributed by atoms with van der Waals surface area (Å²) in [6.45, 7) is 1.04. The number of fused-ring (bicyclic) bond motifs is 1. The number of hydrogen-bond acceptors (Lipinski definition) is 5. The maximum Gasteiger partial charge on any atom is 0.165 e. The Morgan fingerprint density at radius 2 is 2.19 bits per heavy atom. The van der Waals surface area contributed by atoms with E-state index in [9.17, 15) is 0 Å². The van der Waals surface area contributed by atoms with Crippen LogP contribution >= 0.6 is 0 Å². The number of unbranched alkanes of at least 4 members (excludes halogenated alkanes) is 1. The van der Waals surface area contributed by atoms with Crippen molar-refractivity contribution in [3.63, 3.8) is 0 Å². The summed E-state index contributed by atoms with van der Waals surface area (Å²) in [7, 11) is 1.81. The topological polar surface area (TPSA) is 75.9 Å². The molecule has 86 valence electrons. The zero-order valence-electron chi connectivity index (χ0n) is 9.22. The maximum atomic E-state index is 8.73. The molecule has 0 bridgehead atoms. The molecule has 0 aliphatic heterocycles. The molecule has 6 heteroatoms. The molecule has 0 spiro atoms. The molecular formula is C10H15N5O. The van der Waals surface area contributed by atoms with Crippen LogP contribution in [0.2, 0.25) is 0 Å². The first-order chi connectivity index (χ1) is 7.86. The first-order valence-electron chi connectivity index (χ1n) is 5.31. The van der Waals surface area contributed by atoms with E-state index in [1.54, 1.807) is 6.33 Å². The fourth-order valence-corrected chi connectivity index (χ4v) is 1.62. The Kier molecular flexibility index (Phi) is 3.31. The molecule has 0 aliphatic rings. The minimum atomic E-state index is 0.226. The number of aryl methyl sites for hydroxylation is 1. The van der Waals surface area contributed by atoms with Crippen molar-refractivity contribution >= 4 is 17.0 Å². The summed E-state index contributed by atoms with van der Waals surface area (Å²) in [6.07, 6.45) is 5.00. The van der Waals surface area contributed by atoms with E-state index in [4.69, 9.17) is 5.11 Å². The quantitative estimate of drug-likeness (QED) is 0.725. The third kappa shape index (κ3) is 1.96. The number of hydrogen-bond donors (Lipinski definition) is 2. The van der Waals surface area contributed by atoms with Crippen LogP contribution in [0, 0.1) is 0 Å². The Labute approximate surface area is 93.4 Å². The van der Waals surface area contributed by atoms with Crippen LogP contribution in [0.4, 0.5) is 5.82 Å². The second-order valence-electron chi connectivity index (χ2n) is 3.51. The van der Waals surface area contributed by atoms with Gasteiger partial charge in [-0.2, -0.15) is 0 Å². The number of nitrogens with one attached hydrogen (secondary N) is 1. The third-order valence-corrected chi connectivity index (χ3v) is 2.45. The molecule has 2 aromatic rings. The summed E-state index contributed by atoms with van der Waals surface area (Å²) in [6, 6.07) is 0. The van der Waals surface area contributed by atoms with E-state index in [1.165, 1.54) is 6.33 Å². The summed E-state index contributed by atoms with van der Waals surface area (Å²) < 4.78 is 1.98. The SMILES string of the molecule is CNc1ncnc2c1ncn2CCCCO. The van der Waals surface area contributed by atoms with Crippen molar-refractivity contribution in [2.45, 2.75) is 19.4 Å². The molecule has 2 N–H and O–H groups in total. The molecule has 0 radical (unpaired) electrons. The molecule has 16 heavy (non-hydrogen) atoms. The maximum absolute atomic E-state index is 8.73. The van der Waals surface area contributed by atoms with Crippen LogP contribution in [0.3, 0.4) is 0 Å². The third-order valence-electron chi connectivity index (χ3n) is 2.45. The van der Waals surface area contributed by atoms with E-state index in [-0.39, 0.29) is 6.61 Å². The van der Waals surface area contributed by atoms with Gasteiger partial charge < -0.3 is 15.0 Å². The lowest BCUT2D eigenvalue weighted by Crippen LogP contribution is -2.00. The van der Waals surface area contributed by atoms with Crippen molar-refractivity contribution in [2.24, 2.45) is 0 Å². The molecule has 0 unspecified atom stereocenters. The smallest absolute Gasteiger partial charge is 0.165 e. The van der Waals surface area contributed by atoms with Crippen molar-refractivity contribution in [1.82, 2.24) is 19.5 Å². The van der Waals surface area contributed by atoms with E-state index >= 15 is 0 Å². The van der Waals surface area contributed by atoms with Gasteiger partial charge in [0.1, 0.15) is 11.8 Å². The van der Waals surface area contributed by atoms with Crippen molar-refractivity contribution < 1.29 is 5.11 Å². The molecular weight excluding hydrogens is 206 g/mol. The normalized spacial score (nSPS) is 10.9. The first kappa shape index (κ1) is 10.8. The van der Waals surface area contributed by atoms with Crippen molar-refractivity contribution in [3.05, 3.63) is 12.7 Å². The molecule has 0 aliphatic carbocycles. The van der Waals surface area contributed by atoms with E-state index < -0.39 is 0 Å². The van der Waals surface area contributed by atoms with Crippen LogP contribution in [-0.4, -0.2) is 38.3 Å². The van der Waals surface area contributed by atoms with E-state index in [0.29, 0.717) is 0 Å². The molecule has 0 fully saturated rings. The van der Waals surface area contributed by atoms with E-state index in [1.807, 2.05) is 11.6 Å². The summed E-state index contributed by atoms with van der Waals surface area (Å²) in [5.74, 6) is 0.742. The Morgan fingerprint density at radius 1 is 1.31 bits per heavy atom. The van der Waals surface area contributed by atoms with Gasteiger partial charge >= 0.3 is 0 Å². The number of rotatable bonds is 5. The molecule has 0 saturated carbocycles. The van der Waals surface area contributed by atoms with Gasteiger partial charge in [-0.25, -0.2) is 15.0 Å². The molecule has 2 aromatic heterocycles. The second-order valence-corrected chi connectivity index (χ2v) is 3.51. The summed E-state index contributed by atoms with van der Waals surface area (Å²) >= 11 is 0. The number of aliphatic hydroxyl groups is 1. The van der Waals surface area contributed by atoms with Crippen molar-refractivity contribution in [2.75, 3.05) is 19.0 Å². The predicted molar refractivity (Wildman–Crippen MR) is 61.2 cm³/mol. The number of imidazole rings is 1. The highest BCUT2D eigenvalue weighted by Crippen LogP contribution is 2.16. The highest BCUT2D eigenvalue weighted by Gasteiger charge is 2.07. The lowest BCUT2D eigenvalue weighted by molar-refractivity contribution is 0.281. The predicted octanol–water partition coefficient (Wildman–Crippen LogP) is 0.640. The Hall–Kier alpha value is -1.69. The highest BCUT2D eigenvalue weighted by molar-refractivity contribution is 5.82. The minimum absolute atomic E-state index is 0.226. The molecule has 2 rings (SSSR count). The second kappa shape index (κ2) is 4.89. The van der Waals surface area contributed by atoms with Gasteiger partial charge in [0.05, 0.1) is 6.33 Å². The van der Waals surface area contributed by atoms with E-state index in [0.717, 1.165) is 36.4 Å². The highest BCUT2D eigenvalue weighted by atomic mass is 16.2. The van der Waals surface area contributed by atoms with Gasteiger partial charge in [-0.05, 0) is 12.8 Å². The molecule has 0 saturated heterocycles. The van der Waals surface area contributed by atoms with Gasteiger partial charge in [0, 0.05) is 20.2 Å². The zero-order valence-corrected chi connectivity index (χ0v) is 9.22. The largest absolute Gasteiger partial charge is 0.396 e. The van der Waals surface area contributed by atoms with Gasteiger partial charge in [-0.1, -0.05) is 0 Å². The fourth-order valence-electron chi connectivity index (χ4n) is 1.62. The lowest BCUT2D eigenvalue weighted by Gasteiger charge is -2.03. The van der Waals surface area contributed by atoms with Crippen LogP contribution < -0.4 is 5.32 Å². The summed E-state index contributed by atoms with van der Waals surface area (Å²) in [5, 5.41) is 11.7. The zero-order chi connectivity index (χ0) is 11.4. The molecule has 6 nitrogen and oxygen atoms in total. The number of anilines is 1. The average Bonchev–Trinajstić information content (AvgIpc) is 2.73. The Morgan fingerprint density at radius 3 is 2.94 bits per heavy atom. The summed E-state index contributed by atoms with van der Waals surface area (Å²) in [5.41, 5.74) is 1.62. The minimum Gasteiger partial charge on any atom is -0.396 e. The van der Waals surface area contributed by atoms with Gasteiger partial charge in [0.25, 0.3) is 0 Å². The molecule has 0 amide bonds. The fraction of sp³-hybridized carbons (Fsp3) is 0.500. The molecule has 0 atom stereocenters. The first-order valence-corrected chi connectivity index (χ1v) is 5.31. The molecule has 2 heterocycles. The van der Waals surface area contributed by atoms with Gasteiger partial charge in [-0.3, -0.25) is 0 Å². The lowest BCUT2D eigenvalue weighted by atomic mass is 10.3. The van der Waals surface area contributed by atoms with Crippen LogP contribution in [0.25, 0.3) is 11.2 Å². The van der Waals surface area contributed by atoms with Crippen LogP contribution in [-0.2, 0) is 6.54 Å². The van der Waals surface area contributed by atoms with Crippen LogP contribution in [0.5, 0.6) is 0 Å². The monoisotopic (exact) mass is 221 g/mol. The van der Waals surface area contributed by atoms with Crippen LogP contribution in [0.1, 0.15) is 12.8 Å². The average molecular weight is 221 g/mol. The Bertz CT molecular complexity index is 467. The van der Waals surface area contributed by atoms with Crippen molar-refractivity contribution in [3.8, 4) is 0 Å². The summed E-state index contributed by atoms with van der Waals surface area (Å²) in [4.78, 5) is 12.6. The molecule has 0 aromatic carbocycles. The van der Waals surface area contributed by atoms with Crippen molar-refractivity contribution in [1.29, 1.82) is 0 Å². The Balaban J connectivity index is 2.27. The van der Waals surface area contributed by atoms with Gasteiger partial charge in [0.15, 0.2) is 11.5 Å². The number of aromatic nitrogens is 4. The standard InChI is InChI=1S/C10H15N5O/c1-11-9-8-10(13-6-12-9)15(7-14-8)4-2-3-5-16/h6-7,16H,2-5H2,1H3,(H,11,12,13). The van der Waals surface area contributed by atoms with E-state index in [2.05, 4.69) is 20.3 Å². The number of nitrogens with zero attached hydrogens (tertiary/aromatic N) is 4. The van der Waals surface area contributed by atoms with Crippen LogP contribution in [0.15, 0.2) is 12.7 Å². The van der Waals surface area contributed by atoms with Gasteiger partial charge in [0.2, 0.25) is 0 Å². The van der Waals surface area contributed by atoms with Gasteiger partial charge in [-0.15, -0.1) is 0 Å².